The summed E-state index contributed by atoms with van der Waals surface area (Å²) in [5.41, 5.74) is 11.0. The maximum atomic E-state index is 5.79. The van der Waals surface area contributed by atoms with Crippen molar-refractivity contribution in [2.45, 2.75) is 20.8 Å². The molecule has 5 nitrogen and oxygen atoms in total. The molecule has 0 radical (unpaired) electrons. The van der Waals surface area contributed by atoms with Crippen LogP contribution >= 0.6 is 12.2 Å². The first kappa shape index (κ1) is 13.5. The number of thiocarbonyl (C=S) groups is 1. The van der Waals surface area contributed by atoms with Crippen molar-refractivity contribution < 1.29 is 0 Å². The molecule has 0 saturated carbocycles. The van der Waals surface area contributed by atoms with E-state index in [4.69, 9.17) is 18.0 Å². The van der Waals surface area contributed by atoms with Crippen molar-refractivity contribution in [3.8, 4) is 0 Å². The lowest BCUT2D eigenvalue weighted by Crippen LogP contribution is -2.15. The monoisotopic (exact) mass is 275 g/mol. The second-order valence-electron chi connectivity index (χ2n) is 4.56. The lowest BCUT2D eigenvalue weighted by Gasteiger charge is -2.13. The Morgan fingerprint density at radius 1 is 1.26 bits per heavy atom. The Kier molecular flexibility index (Phi) is 3.53. The van der Waals surface area contributed by atoms with Gasteiger partial charge < -0.3 is 11.1 Å². The van der Waals surface area contributed by atoms with E-state index < -0.39 is 0 Å². The van der Waals surface area contributed by atoms with Gasteiger partial charge in [-0.1, -0.05) is 12.2 Å². The van der Waals surface area contributed by atoms with Crippen molar-refractivity contribution in [3.63, 3.8) is 0 Å². The number of hydrogen-bond acceptors (Lipinski definition) is 4. The Hall–Kier alpha value is -1.95. The number of nitrogens with one attached hydrogen (secondary N) is 1. The van der Waals surface area contributed by atoms with Crippen LogP contribution in [0.2, 0.25) is 0 Å². The van der Waals surface area contributed by atoms with Gasteiger partial charge in [0.05, 0.1) is 22.6 Å². The van der Waals surface area contributed by atoms with Crippen LogP contribution in [-0.2, 0) is 7.05 Å². The molecule has 0 fully saturated rings. The summed E-state index contributed by atoms with van der Waals surface area (Å²) in [6, 6.07) is 1.94. The number of pyridine rings is 1. The number of anilines is 2. The Labute approximate surface area is 117 Å². The highest BCUT2D eigenvalue weighted by atomic mass is 32.1. The second-order valence-corrected chi connectivity index (χ2v) is 5.00. The third kappa shape index (κ3) is 2.73. The molecular weight excluding hydrogens is 258 g/mol. The van der Waals surface area contributed by atoms with Gasteiger partial charge in [0, 0.05) is 24.6 Å². The molecule has 2 rings (SSSR count). The molecule has 2 aromatic heterocycles. The number of aryl methyl sites for hydroxylation is 4. The maximum absolute atomic E-state index is 5.79. The Morgan fingerprint density at radius 2 is 1.95 bits per heavy atom. The van der Waals surface area contributed by atoms with Crippen molar-refractivity contribution in [1.29, 1.82) is 0 Å². The molecule has 2 heterocycles. The first-order valence-corrected chi connectivity index (χ1v) is 6.34. The first-order valence-electron chi connectivity index (χ1n) is 5.94. The van der Waals surface area contributed by atoms with E-state index in [0.717, 1.165) is 34.0 Å². The predicted octanol–water partition coefficient (Wildman–Crippen LogP) is 2.12. The van der Waals surface area contributed by atoms with Crippen LogP contribution in [0.5, 0.6) is 0 Å². The van der Waals surface area contributed by atoms with E-state index in [2.05, 4.69) is 15.4 Å². The third-order valence-corrected chi connectivity index (χ3v) is 3.06. The SMILES string of the molecule is Cc1cc(Nc2cn(C)nc2C)c(C(N)=S)c(C)n1. The van der Waals surface area contributed by atoms with Gasteiger partial charge >= 0.3 is 0 Å². The smallest absolute Gasteiger partial charge is 0.107 e. The van der Waals surface area contributed by atoms with Crippen LogP contribution in [0.3, 0.4) is 0 Å². The highest BCUT2D eigenvalue weighted by molar-refractivity contribution is 7.80. The number of hydrogen-bond donors (Lipinski definition) is 2. The Bertz CT molecular complexity index is 645. The van der Waals surface area contributed by atoms with Gasteiger partial charge in [-0.25, -0.2) is 0 Å². The van der Waals surface area contributed by atoms with Crippen molar-refractivity contribution in [2.24, 2.45) is 12.8 Å². The van der Waals surface area contributed by atoms with Gasteiger partial charge in [0.25, 0.3) is 0 Å². The molecule has 0 saturated heterocycles. The van der Waals surface area contributed by atoms with Gasteiger partial charge in [-0.05, 0) is 26.8 Å². The minimum Gasteiger partial charge on any atom is -0.389 e. The van der Waals surface area contributed by atoms with Crippen LogP contribution in [0.25, 0.3) is 0 Å². The summed E-state index contributed by atoms with van der Waals surface area (Å²) in [6.45, 7) is 5.80. The van der Waals surface area contributed by atoms with Crippen LogP contribution in [0.15, 0.2) is 12.3 Å². The Balaban J connectivity index is 2.50. The summed E-state index contributed by atoms with van der Waals surface area (Å²) >= 11 is 5.11. The fraction of sp³-hybridized carbons (Fsp3) is 0.308. The van der Waals surface area contributed by atoms with Crippen LogP contribution in [0, 0.1) is 20.8 Å². The summed E-state index contributed by atoms with van der Waals surface area (Å²) in [5, 5.41) is 7.63. The van der Waals surface area contributed by atoms with Gasteiger partial charge in [0.2, 0.25) is 0 Å². The zero-order valence-corrected chi connectivity index (χ0v) is 12.3. The van der Waals surface area contributed by atoms with Crippen LogP contribution in [0.1, 0.15) is 22.6 Å². The molecule has 0 aromatic carbocycles. The molecule has 2 aromatic rings. The molecule has 0 aliphatic rings. The van der Waals surface area contributed by atoms with E-state index in [-0.39, 0.29) is 0 Å². The fourth-order valence-electron chi connectivity index (χ4n) is 2.11. The topological polar surface area (TPSA) is 68.8 Å². The van der Waals surface area contributed by atoms with E-state index in [1.54, 1.807) is 4.68 Å². The van der Waals surface area contributed by atoms with E-state index in [9.17, 15) is 0 Å². The molecule has 0 unspecified atom stereocenters. The minimum atomic E-state index is 0.342. The quantitative estimate of drug-likeness (QED) is 0.840. The van der Waals surface area contributed by atoms with Gasteiger partial charge in [0.15, 0.2) is 0 Å². The summed E-state index contributed by atoms with van der Waals surface area (Å²) in [4.78, 5) is 4.74. The van der Waals surface area contributed by atoms with Crippen LogP contribution < -0.4 is 11.1 Å². The second kappa shape index (κ2) is 4.97. The van der Waals surface area contributed by atoms with E-state index in [0.29, 0.717) is 4.99 Å². The van der Waals surface area contributed by atoms with Crippen LogP contribution in [0.4, 0.5) is 11.4 Å². The standard InChI is InChI=1S/C13H17N5S/c1-7-5-10(12(13(14)19)9(3)15-7)16-11-6-18(4)17-8(11)2/h5-6H,1-4H3,(H2,14,19)(H,15,16). The largest absolute Gasteiger partial charge is 0.389 e. The predicted molar refractivity (Wildman–Crippen MR) is 80.8 cm³/mol. The normalized spacial score (nSPS) is 10.5. The molecule has 3 N–H and O–H groups in total. The highest BCUT2D eigenvalue weighted by Gasteiger charge is 2.13. The third-order valence-electron chi connectivity index (χ3n) is 2.86. The number of aromatic nitrogens is 3. The molecule has 6 heteroatoms. The number of nitrogens with two attached hydrogens (primary N) is 1. The molecule has 0 amide bonds. The average molecular weight is 275 g/mol. The van der Waals surface area contributed by atoms with Gasteiger partial charge in [0.1, 0.15) is 4.99 Å². The summed E-state index contributed by atoms with van der Waals surface area (Å²) in [7, 11) is 1.88. The molecule has 0 aliphatic heterocycles. The molecule has 0 spiro atoms. The van der Waals surface area contributed by atoms with Crippen molar-refractivity contribution >= 4 is 28.6 Å². The summed E-state index contributed by atoms with van der Waals surface area (Å²) in [5.74, 6) is 0. The number of rotatable bonds is 3. The number of nitrogens with zero attached hydrogens (tertiary/aromatic N) is 3. The molecule has 100 valence electrons. The van der Waals surface area contributed by atoms with Gasteiger partial charge in [-0.2, -0.15) is 5.10 Å². The minimum absolute atomic E-state index is 0.342. The molecular formula is C13H17N5S. The molecule has 0 atom stereocenters. The van der Waals surface area contributed by atoms with Gasteiger partial charge in [-0.3, -0.25) is 9.67 Å². The van der Waals surface area contributed by atoms with E-state index in [1.807, 2.05) is 40.1 Å². The molecule has 0 bridgehead atoms. The first-order chi connectivity index (χ1) is 8.88. The van der Waals surface area contributed by atoms with Crippen molar-refractivity contribution in [1.82, 2.24) is 14.8 Å². The summed E-state index contributed by atoms with van der Waals surface area (Å²) < 4.78 is 1.76. The molecule has 0 aliphatic carbocycles. The van der Waals surface area contributed by atoms with Gasteiger partial charge in [-0.15, -0.1) is 0 Å². The summed E-state index contributed by atoms with van der Waals surface area (Å²) in [6.07, 6.45) is 1.92. The average Bonchev–Trinajstić information content (AvgIpc) is 2.55. The van der Waals surface area contributed by atoms with Crippen LogP contribution in [-0.4, -0.2) is 19.8 Å². The lowest BCUT2D eigenvalue weighted by atomic mass is 10.1. The van der Waals surface area contributed by atoms with E-state index >= 15 is 0 Å². The zero-order valence-electron chi connectivity index (χ0n) is 11.5. The Morgan fingerprint density at radius 3 is 2.47 bits per heavy atom. The lowest BCUT2D eigenvalue weighted by molar-refractivity contribution is 0.756. The highest BCUT2D eigenvalue weighted by Crippen LogP contribution is 2.25. The molecule has 19 heavy (non-hydrogen) atoms. The van der Waals surface area contributed by atoms with E-state index in [1.165, 1.54) is 0 Å². The van der Waals surface area contributed by atoms with Crippen molar-refractivity contribution in [3.05, 3.63) is 34.9 Å². The van der Waals surface area contributed by atoms with Crippen molar-refractivity contribution in [2.75, 3.05) is 5.32 Å². The zero-order chi connectivity index (χ0) is 14.2. The fourth-order valence-corrected chi connectivity index (χ4v) is 2.36. The maximum Gasteiger partial charge on any atom is 0.107 e.